The number of phenols is 1. The number of hydrogen-bond acceptors (Lipinski definition) is 5. The zero-order chi connectivity index (χ0) is 15.7. The summed E-state index contributed by atoms with van der Waals surface area (Å²) in [7, 11) is 0. The third-order valence-electron chi connectivity index (χ3n) is 1.13. The van der Waals surface area contributed by atoms with E-state index in [1.54, 1.807) is 32.9 Å². The Hall–Kier alpha value is -1.63. The quantitative estimate of drug-likeness (QED) is 0.524. The highest BCUT2D eigenvalue weighted by molar-refractivity contribution is 5.90. The summed E-state index contributed by atoms with van der Waals surface area (Å²) in [6.45, 7) is 5.79. The highest BCUT2D eigenvalue weighted by Crippen LogP contribution is 2.14. The molecule has 0 aliphatic carbocycles. The lowest BCUT2D eigenvalue weighted by atomic mass is 10.2. The van der Waals surface area contributed by atoms with E-state index < -0.39 is 5.97 Å². The molecular formula is C13H24O6. The van der Waals surface area contributed by atoms with E-state index in [4.69, 9.17) is 25.5 Å². The van der Waals surface area contributed by atoms with Gasteiger partial charge in [-0.25, -0.2) is 4.79 Å². The molecule has 0 bridgehead atoms. The maximum atomic E-state index is 10.3. The second kappa shape index (κ2) is 18.7. The minimum Gasteiger partial charge on any atom is -0.507 e. The average Bonchev–Trinajstić information content (AvgIpc) is 2.32. The highest BCUT2D eigenvalue weighted by Gasteiger charge is 2.05. The molecule has 0 aliphatic heterocycles. The van der Waals surface area contributed by atoms with Gasteiger partial charge in [0.25, 0.3) is 0 Å². The minimum atomic E-state index is -1.11. The van der Waals surface area contributed by atoms with Gasteiger partial charge < -0.3 is 25.5 Å². The summed E-state index contributed by atoms with van der Waals surface area (Å²) in [4.78, 5) is 10.3. The van der Waals surface area contributed by atoms with Crippen LogP contribution in [-0.4, -0.2) is 51.3 Å². The molecule has 0 saturated heterocycles. The third kappa shape index (κ3) is 18.9. The largest absolute Gasteiger partial charge is 0.507 e. The van der Waals surface area contributed by atoms with Gasteiger partial charge in [-0.2, -0.15) is 0 Å². The van der Waals surface area contributed by atoms with Crippen molar-refractivity contribution in [2.75, 3.05) is 19.8 Å². The van der Waals surface area contributed by atoms with Crippen LogP contribution in [0.25, 0.3) is 0 Å². The van der Waals surface area contributed by atoms with Crippen molar-refractivity contribution < 1.29 is 30.3 Å². The van der Waals surface area contributed by atoms with E-state index in [2.05, 4.69) is 0 Å². The fourth-order valence-electron chi connectivity index (χ4n) is 0.654. The van der Waals surface area contributed by atoms with Crippen molar-refractivity contribution >= 4 is 5.97 Å². The summed E-state index contributed by atoms with van der Waals surface area (Å²) in [6.07, 6.45) is 0. The first-order valence-corrected chi connectivity index (χ1v) is 5.80. The first-order chi connectivity index (χ1) is 8.96. The molecule has 1 aromatic carbocycles. The van der Waals surface area contributed by atoms with E-state index in [1.165, 1.54) is 12.1 Å². The Morgan fingerprint density at radius 1 is 0.947 bits per heavy atom. The van der Waals surface area contributed by atoms with Gasteiger partial charge in [-0.3, -0.25) is 0 Å². The highest BCUT2D eigenvalue weighted by atomic mass is 16.4. The summed E-state index contributed by atoms with van der Waals surface area (Å²) in [6, 6.07) is 5.81. The number of aromatic carboxylic acids is 1. The number of aliphatic hydroxyl groups excluding tert-OH is 3. The number of rotatable bonds is 1. The van der Waals surface area contributed by atoms with Gasteiger partial charge in [-0.1, -0.05) is 12.1 Å². The first kappa shape index (κ1) is 22.5. The van der Waals surface area contributed by atoms with E-state index >= 15 is 0 Å². The number of benzene rings is 1. The van der Waals surface area contributed by atoms with Gasteiger partial charge in [0, 0.05) is 19.8 Å². The SMILES string of the molecule is CCO.CCO.CCO.O=C(O)c1ccccc1O. The topological polar surface area (TPSA) is 118 Å². The fourth-order valence-corrected chi connectivity index (χ4v) is 0.654. The van der Waals surface area contributed by atoms with Gasteiger partial charge in [0.2, 0.25) is 0 Å². The molecule has 0 amide bonds. The predicted molar refractivity (Wildman–Crippen MR) is 73.3 cm³/mol. The monoisotopic (exact) mass is 276 g/mol. The average molecular weight is 276 g/mol. The summed E-state index contributed by atoms with van der Waals surface area (Å²) >= 11 is 0. The molecule has 6 nitrogen and oxygen atoms in total. The van der Waals surface area contributed by atoms with E-state index in [9.17, 15) is 4.79 Å². The van der Waals surface area contributed by atoms with Crippen LogP contribution in [0.1, 0.15) is 31.1 Å². The maximum absolute atomic E-state index is 10.3. The molecule has 112 valence electrons. The number of carboxylic acid groups (broad SMARTS) is 1. The zero-order valence-electron chi connectivity index (χ0n) is 11.6. The van der Waals surface area contributed by atoms with Gasteiger partial charge >= 0.3 is 5.97 Å². The lowest BCUT2D eigenvalue weighted by molar-refractivity contribution is 0.0693. The molecule has 0 heterocycles. The Kier molecular flexibility index (Phi) is 22.2. The second-order valence-electron chi connectivity index (χ2n) is 2.77. The summed E-state index contributed by atoms with van der Waals surface area (Å²) in [5.41, 5.74) is -0.0671. The Morgan fingerprint density at radius 3 is 1.47 bits per heavy atom. The van der Waals surface area contributed by atoms with Crippen molar-refractivity contribution in [2.45, 2.75) is 20.8 Å². The molecule has 0 spiro atoms. The normalized spacial score (nSPS) is 7.68. The molecule has 0 aromatic heterocycles. The molecule has 0 radical (unpaired) electrons. The second-order valence-corrected chi connectivity index (χ2v) is 2.77. The van der Waals surface area contributed by atoms with Crippen molar-refractivity contribution in [3.63, 3.8) is 0 Å². The lowest BCUT2D eigenvalue weighted by Gasteiger charge is -1.95. The van der Waals surface area contributed by atoms with Crippen molar-refractivity contribution in [3.8, 4) is 5.75 Å². The van der Waals surface area contributed by atoms with Crippen LogP contribution in [0.4, 0.5) is 0 Å². The van der Waals surface area contributed by atoms with E-state index in [-0.39, 0.29) is 31.1 Å². The molecule has 1 rings (SSSR count). The fraction of sp³-hybridized carbons (Fsp3) is 0.462. The van der Waals surface area contributed by atoms with Crippen LogP contribution in [-0.2, 0) is 0 Å². The molecule has 0 atom stereocenters. The molecule has 5 N–H and O–H groups in total. The summed E-state index contributed by atoms with van der Waals surface area (Å²) in [5.74, 6) is -1.31. The van der Waals surface area contributed by atoms with Crippen LogP contribution < -0.4 is 0 Å². The van der Waals surface area contributed by atoms with Crippen molar-refractivity contribution in [1.82, 2.24) is 0 Å². The smallest absolute Gasteiger partial charge is 0.339 e. The third-order valence-corrected chi connectivity index (χ3v) is 1.13. The van der Waals surface area contributed by atoms with Crippen molar-refractivity contribution in [1.29, 1.82) is 0 Å². The van der Waals surface area contributed by atoms with Crippen LogP contribution >= 0.6 is 0 Å². The number of carbonyl (C=O) groups is 1. The zero-order valence-corrected chi connectivity index (χ0v) is 11.6. The molecule has 1 aromatic rings. The van der Waals surface area contributed by atoms with Crippen LogP contribution in [0.15, 0.2) is 24.3 Å². The Labute approximate surface area is 113 Å². The van der Waals surface area contributed by atoms with Crippen LogP contribution in [0.3, 0.4) is 0 Å². The molecular weight excluding hydrogens is 252 g/mol. The van der Waals surface area contributed by atoms with Crippen molar-refractivity contribution in [3.05, 3.63) is 29.8 Å². The van der Waals surface area contributed by atoms with Crippen LogP contribution in [0.5, 0.6) is 5.75 Å². The Balaban J connectivity index is -0.000000238. The van der Waals surface area contributed by atoms with Crippen molar-refractivity contribution in [2.24, 2.45) is 0 Å². The number of aliphatic hydroxyl groups is 3. The van der Waals surface area contributed by atoms with Gasteiger partial charge in [0.1, 0.15) is 11.3 Å². The molecule has 0 saturated carbocycles. The molecule has 0 fully saturated rings. The van der Waals surface area contributed by atoms with Gasteiger partial charge in [-0.15, -0.1) is 0 Å². The standard InChI is InChI=1S/C7H6O3.3C2H6O/c8-6-4-2-1-3-5(6)7(9)10;3*1-2-3/h1-4,8H,(H,9,10);3*3H,2H2,1H3. The van der Waals surface area contributed by atoms with Gasteiger partial charge in [0.15, 0.2) is 0 Å². The van der Waals surface area contributed by atoms with E-state index in [0.717, 1.165) is 0 Å². The molecule has 0 aliphatic rings. The van der Waals surface area contributed by atoms with Gasteiger partial charge in [-0.05, 0) is 32.9 Å². The van der Waals surface area contributed by atoms with Crippen LogP contribution in [0, 0.1) is 0 Å². The predicted octanol–water partition coefficient (Wildman–Crippen LogP) is 1.09. The number of hydrogen-bond donors (Lipinski definition) is 5. The molecule has 6 heteroatoms. The van der Waals surface area contributed by atoms with Gasteiger partial charge in [0.05, 0.1) is 0 Å². The maximum Gasteiger partial charge on any atom is 0.339 e. The Morgan fingerprint density at radius 2 is 1.26 bits per heavy atom. The summed E-state index contributed by atoms with van der Waals surface area (Å²) in [5, 5.41) is 40.0. The number of para-hydroxylation sites is 1. The summed E-state index contributed by atoms with van der Waals surface area (Å²) < 4.78 is 0. The lowest BCUT2D eigenvalue weighted by Crippen LogP contribution is -1.95. The minimum absolute atomic E-state index is 0.0671. The van der Waals surface area contributed by atoms with Crippen LogP contribution in [0.2, 0.25) is 0 Å². The number of aromatic hydroxyl groups is 1. The van der Waals surface area contributed by atoms with E-state index in [0.29, 0.717) is 0 Å². The first-order valence-electron chi connectivity index (χ1n) is 5.80. The molecule has 0 unspecified atom stereocenters. The number of carboxylic acids is 1. The Bertz CT molecular complexity index is 296. The van der Waals surface area contributed by atoms with E-state index in [1.807, 2.05) is 0 Å². The molecule has 19 heavy (non-hydrogen) atoms.